The summed E-state index contributed by atoms with van der Waals surface area (Å²) in [7, 11) is 0. The van der Waals surface area contributed by atoms with Gasteiger partial charge in [-0.1, -0.05) is 11.3 Å². The Labute approximate surface area is 117 Å². The van der Waals surface area contributed by atoms with Crippen molar-refractivity contribution in [1.82, 2.24) is 20.4 Å². The second kappa shape index (κ2) is 6.81. The number of anilines is 1. The van der Waals surface area contributed by atoms with Gasteiger partial charge in [0.2, 0.25) is 11.0 Å². The molecule has 1 fully saturated rings. The minimum absolute atomic E-state index is 0.0693. The summed E-state index contributed by atoms with van der Waals surface area (Å²) in [6.45, 7) is 4.97. The van der Waals surface area contributed by atoms with Gasteiger partial charge in [-0.25, -0.2) is 0 Å². The molecule has 1 aromatic rings. The van der Waals surface area contributed by atoms with E-state index < -0.39 is 0 Å². The quantitative estimate of drug-likeness (QED) is 0.813. The Morgan fingerprint density at radius 2 is 2.21 bits per heavy atom. The number of nitrogens with one attached hydrogen (secondary N) is 1. The smallest absolute Gasteiger partial charge is 0.220 e. The molecule has 0 unspecified atom stereocenters. The lowest BCUT2D eigenvalue weighted by atomic mass is 10.1. The third-order valence-corrected chi connectivity index (χ3v) is 4.22. The van der Waals surface area contributed by atoms with E-state index >= 15 is 0 Å². The van der Waals surface area contributed by atoms with Crippen LogP contribution in [0.5, 0.6) is 0 Å². The number of nitrogen functional groups attached to an aromatic ring is 1. The number of nitrogens with zero attached hydrogens (tertiary/aromatic N) is 3. The summed E-state index contributed by atoms with van der Waals surface area (Å²) >= 11 is 1.31. The van der Waals surface area contributed by atoms with Crippen LogP contribution >= 0.6 is 11.3 Å². The zero-order chi connectivity index (χ0) is 13.7. The molecule has 1 aliphatic heterocycles. The number of hydrogen-bond donors (Lipinski definition) is 2. The predicted octanol–water partition coefficient (Wildman–Crippen LogP) is 1.00. The van der Waals surface area contributed by atoms with Gasteiger partial charge in [0.25, 0.3) is 0 Å². The van der Waals surface area contributed by atoms with Crippen LogP contribution in [0.2, 0.25) is 0 Å². The van der Waals surface area contributed by atoms with Gasteiger partial charge in [0.1, 0.15) is 5.01 Å². The largest absolute Gasteiger partial charge is 0.374 e. The van der Waals surface area contributed by atoms with Crippen molar-refractivity contribution in [3.05, 3.63) is 5.01 Å². The zero-order valence-corrected chi connectivity index (χ0v) is 12.1. The molecule has 0 radical (unpaired) electrons. The van der Waals surface area contributed by atoms with Gasteiger partial charge >= 0.3 is 0 Å². The summed E-state index contributed by atoms with van der Waals surface area (Å²) in [4.78, 5) is 14.2. The molecule has 2 rings (SSSR count). The first-order chi connectivity index (χ1) is 9.15. The van der Waals surface area contributed by atoms with Crippen molar-refractivity contribution in [3.63, 3.8) is 0 Å². The molecule has 0 bridgehead atoms. The maximum absolute atomic E-state index is 11.7. The number of likely N-dealkylation sites (tertiary alicyclic amines) is 1. The fourth-order valence-corrected chi connectivity index (χ4v) is 2.85. The van der Waals surface area contributed by atoms with Gasteiger partial charge in [-0.05, 0) is 39.3 Å². The zero-order valence-electron chi connectivity index (χ0n) is 11.3. The van der Waals surface area contributed by atoms with Crippen molar-refractivity contribution < 1.29 is 4.79 Å². The van der Waals surface area contributed by atoms with Crippen LogP contribution in [0.15, 0.2) is 0 Å². The van der Waals surface area contributed by atoms with Gasteiger partial charge in [-0.15, -0.1) is 10.2 Å². The van der Waals surface area contributed by atoms with Crippen LogP contribution in [0, 0.1) is 0 Å². The number of aromatic nitrogens is 2. The van der Waals surface area contributed by atoms with Crippen molar-refractivity contribution in [2.45, 2.75) is 45.2 Å². The Morgan fingerprint density at radius 3 is 2.84 bits per heavy atom. The van der Waals surface area contributed by atoms with Crippen LogP contribution in [-0.4, -0.2) is 40.1 Å². The van der Waals surface area contributed by atoms with E-state index in [1.165, 1.54) is 37.3 Å². The molecule has 0 spiro atoms. The summed E-state index contributed by atoms with van der Waals surface area (Å²) in [5, 5.41) is 11.6. The fraction of sp³-hybridized carbons (Fsp3) is 0.750. The third kappa shape index (κ3) is 4.43. The van der Waals surface area contributed by atoms with Crippen molar-refractivity contribution in [2.24, 2.45) is 0 Å². The second-order valence-electron chi connectivity index (χ2n) is 4.94. The summed E-state index contributed by atoms with van der Waals surface area (Å²) in [6.07, 6.45) is 4.04. The lowest BCUT2D eigenvalue weighted by molar-refractivity contribution is -0.121. The highest BCUT2D eigenvalue weighted by Crippen LogP contribution is 2.15. The monoisotopic (exact) mass is 283 g/mol. The molecule has 3 N–H and O–H groups in total. The van der Waals surface area contributed by atoms with Gasteiger partial charge < -0.3 is 16.0 Å². The minimum Gasteiger partial charge on any atom is -0.374 e. The van der Waals surface area contributed by atoms with Crippen LogP contribution in [0.25, 0.3) is 0 Å². The van der Waals surface area contributed by atoms with E-state index in [0.717, 1.165) is 11.4 Å². The van der Waals surface area contributed by atoms with E-state index in [2.05, 4.69) is 27.3 Å². The number of nitrogens with two attached hydrogens (primary N) is 1. The number of carbonyl (C=O) groups excluding carboxylic acids is 1. The summed E-state index contributed by atoms with van der Waals surface area (Å²) in [5.41, 5.74) is 5.48. The van der Waals surface area contributed by atoms with E-state index in [9.17, 15) is 4.79 Å². The van der Waals surface area contributed by atoms with Gasteiger partial charge in [-0.3, -0.25) is 4.79 Å². The van der Waals surface area contributed by atoms with Gasteiger partial charge in [-0.2, -0.15) is 0 Å². The molecule has 1 aromatic heterocycles. The average Bonchev–Trinajstić information content (AvgIpc) is 3.04. The maximum atomic E-state index is 11.7. The molecule has 6 nitrogen and oxygen atoms in total. The van der Waals surface area contributed by atoms with Crippen molar-refractivity contribution in [1.29, 1.82) is 0 Å². The third-order valence-electron chi connectivity index (χ3n) is 3.47. The first-order valence-electron chi connectivity index (χ1n) is 6.74. The molecule has 0 aliphatic carbocycles. The van der Waals surface area contributed by atoms with Crippen molar-refractivity contribution >= 4 is 22.4 Å². The molecule has 106 valence electrons. The molecule has 0 aromatic carbocycles. The van der Waals surface area contributed by atoms with E-state index in [1.807, 2.05) is 0 Å². The van der Waals surface area contributed by atoms with E-state index in [0.29, 0.717) is 24.1 Å². The van der Waals surface area contributed by atoms with Crippen molar-refractivity contribution in [2.75, 3.05) is 18.8 Å². The van der Waals surface area contributed by atoms with Gasteiger partial charge in [0.15, 0.2) is 0 Å². The Morgan fingerprint density at radius 1 is 1.47 bits per heavy atom. The molecule has 1 aliphatic rings. The Kier molecular flexibility index (Phi) is 5.09. The minimum atomic E-state index is 0.0693. The summed E-state index contributed by atoms with van der Waals surface area (Å²) < 4.78 is 0. The number of carbonyl (C=O) groups is 1. The normalized spacial score (nSPS) is 17.5. The first kappa shape index (κ1) is 14.2. The summed E-state index contributed by atoms with van der Waals surface area (Å²) in [5.74, 6) is 0.0693. The van der Waals surface area contributed by atoms with Crippen LogP contribution in [0.4, 0.5) is 5.13 Å². The maximum Gasteiger partial charge on any atom is 0.220 e. The van der Waals surface area contributed by atoms with Crippen LogP contribution < -0.4 is 11.1 Å². The lowest BCUT2D eigenvalue weighted by Crippen LogP contribution is -2.32. The Balaban J connectivity index is 1.64. The number of hydrogen-bond acceptors (Lipinski definition) is 6. The standard InChI is InChI=1S/C12H21N5OS/c1-9(17-6-2-3-7-17)4-5-10(18)14-8-11-15-16-12(13)19-11/h9H,2-8H2,1H3,(H2,13,16)(H,14,18)/t9-/m1/s1. The molecule has 7 heteroatoms. The van der Waals surface area contributed by atoms with E-state index in [-0.39, 0.29) is 5.91 Å². The van der Waals surface area contributed by atoms with Gasteiger partial charge in [0, 0.05) is 12.5 Å². The summed E-state index contributed by atoms with van der Waals surface area (Å²) in [6, 6.07) is 0.491. The molecule has 0 saturated carbocycles. The molecule has 1 amide bonds. The Bertz CT molecular complexity index is 416. The van der Waals surface area contributed by atoms with E-state index in [4.69, 9.17) is 5.73 Å². The Hall–Kier alpha value is -1.21. The lowest BCUT2D eigenvalue weighted by Gasteiger charge is -2.23. The molecule has 2 heterocycles. The van der Waals surface area contributed by atoms with E-state index in [1.54, 1.807) is 0 Å². The fourth-order valence-electron chi connectivity index (χ4n) is 2.31. The molecule has 1 atom stereocenters. The van der Waals surface area contributed by atoms with Crippen LogP contribution in [-0.2, 0) is 11.3 Å². The first-order valence-corrected chi connectivity index (χ1v) is 7.55. The second-order valence-corrected chi connectivity index (χ2v) is 6.04. The highest BCUT2D eigenvalue weighted by Gasteiger charge is 2.18. The topological polar surface area (TPSA) is 84.1 Å². The molecule has 19 heavy (non-hydrogen) atoms. The van der Waals surface area contributed by atoms with Crippen LogP contribution in [0.3, 0.4) is 0 Å². The number of rotatable bonds is 6. The highest BCUT2D eigenvalue weighted by molar-refractivity contribution is 7.15. The molecule has 1 saturated heterocycles. The molecular weight excluding hydrogens is 262 g/mol. The number of amides is 1. The van der Waals surface area contributed by atoms with Crippen LogP contribution in [0.1, 0.15) is 37.6 Å². The highest BCUT2D eigenvalue weighted by atomic mass is 32.1. The van der Waals surface area contributed by atoms with Gasteiger partial charge in [0.05, 0.1) is 6.54 Å². The SMILES string of the molecule is C[C@H](CCC(=O)NCc1nnc(N)s1)N1CCCC1. The average molecular weight is 283 g/mol. The molecular formula is C12H21N5OS. The van der Waals surface area contributed by atoms with Crippen molar-refractivity contribution in [3.8, 4) is 0 Å². The predicted molar refractivity (Wildman–Crippen MR) is 75.7 cm³/mol.